The summed E-state index contributed by atoms with van der Waals surface area (Å²) in [6.45, 7) is 4.19. The van der Waals surface area contributed by atoms with Gasteiger partial charge in [0.2, 0.25) is 0 Å². The van der Waals surface area contributed by atoms with Crippen LogP contribution < -0.4 is 5.32 Å². The van der Waals surface area contributed by atoms with Crippen LogP contribution >= 0.6 is 0 Å². The Hall–Kier alpha value is -2.09. The van der Waals surface area contributed by atoms with Crippen molar-refractivity contribution in [2.75, 3.05) is 0 Å². The molecule has 1 heterocycles. The maximum absolute atomic E-state index is 12.1. The number of carbonyl (C=O) groups excluding carboxylic acids is 1. The van der Waals surface area contributed by atoms with Gasteiger partial charge in [0.25, 0.3) is 5.91 Å². The molecule has 0 saturated heterocycles. The van der Waals surface area contributed by atoms with Gasteiger partial charge in [0.15, 0.2) is 0 Å². The fourth-order valence-corrected chi connectivity index (χ4v) is 2.83. The van der Waals surface area contributed by atoms with Gasteiger partial charge in [0.05, 0.1) is 6.04 Å². The Bertz CT molecular complexity index is 645. The number of aryl methyl sites for hydroxylation is 2. The topological polar surface area (TPSA) is 29.1 Å². The third kappa shape index (κ3) is 2.14. The van der Waals surface area contributed by atoms with Crippen LogP contribution in [0.3, 0.4) is 0 Å². The molecule has 1 N–H and O–H groups in total. The molecule has 0 aliphatic carbocycles. The predicted octanol–water partition coefficient (Wildman–Crippen LogP) is 3.33. The second-order valence-electron chi connectivity index (χ2n) is 5.25. The van der Waals surface area contributed by atoms with Crippen LogP contribution in [-0.4, -0.2) is 5.91 Å². The molecule has 0 bridgehead atoms. The molecule has 0 aromatic heterocycles. The fraction of sp³-hybridized carbons (Fsp3) is 0.235. The van der Waals surface area contributed by atoms with Crippen molar-refractivity contribution in [3.8, 4) is 0 Å². The zero-order valence-electron chi connectivity index (χ0n) is 11.2. The molecule has 2 heteroatoms. The number of hydrogen-bond acceptors (Lipinski definition) is 1. The van der Waals surface area contributed by atoms with Gasteiger partial charge in [0, 0.05) is 5.56 Å². The van der Waals surface area contributed by atoms with Crippen LogP contribution in [0.5, 0.6) is 0 Å². The third-order valence-electron chi connectivity index (χ3n) is 3.79. The molecule has 19 heavy (non-hydrogen) atoms. The van der Waals surface area contributed by atoms with E-state index in [1.807, 2.05) is 24.3 Å². The molecule has 96 valence electrons. The Morgan fingerprint density at radius 1 is 1.11 bits per heavy atom. The Morgan fingerprint density at radius 3 is 2.68 bits per heavy atom. The monoisotopic (exact) mass is 251 g/mol. The summed E-state index contributed by atoms with van der Waals surface area (Å²) in [5.41, 5.74) is 5.65. The van der Waals surface area contributed by atoms with E-state index >= 15 is 0 Å². The molecular formula is C17H17NO. The SMILES string of the molecule is Cc1ccc([C@H]2Cc3ccccc3C(=O)N2)c(C)c1. The zero-order chi connectivity index (χ0) is 13.4. The number of nitrogens with one attached hydrogen (secondary N) is 1. The van der Waals surface area contributed by atoms with Gasteiger partial charge in [-0.15, -0.1) is 0 Å². The lowest BCUT2D eigenvalue weighted by atomic mass is 9.89. The van der Waals surface area contributed by atoms with Crippen molar-refractivity contribution in [2.45, 2.75) is 26.3 Å². The Kier molecular flexibility index (Phi) is 2.86. The first kappa shape index (κ1) is 12.0. The minimum atomic E-state index is 0.0341. The Balaban J connectivity index is 1.99. The largest absolute Gasteiger partial charge is 0.345 e. The van der Waals surface area contributed by atoms with Crippen molar-refractivity contribution in [1.82, 2.24) is 5.32 Å². The summed E-state index contributed by atoms with van der Waals surface area (Å²) in [5, 5.41) is 3.11. The van der Waals surface area contributed by atoms with E-state index in [2.05, 4.69) is 37.4 Å². The molecule has 1 amide bonds. The second-order valence-corrected chi connectivity index (χ2v) is 5.25. The highest BCUT2D eigenvalue weighted by atomic mass is 16.1. The maximum atomic E-state index is 12.1. The first-order valence-electron chi connectivity index (χ1n) is 6.61. The standard InChI is InChI=1S/C17H17NO/c1-11-7-8-14(12(2)9-11)16-10-13-5-3-4-6-15(13)17(19)18-16/h3-9,16H,10H2,1-2H3,(H,18,19)/t16-/m1/s1. The first-order chi connectivity index (χ1) is 9.15. The number of carbonyl (C=O) groups is 1. The molecule has 2 aromatic rings. The number of amides is 1. The molecule has 2 aromatic carbocycles. The van der Waals surface area contributed by atoms with E-state index in [1.165, 1.54) is 16.7 Å². The van der Waals surface area contributed by atoms with Crippen LogP contribution in [0, 0.1) is 13.8 Å². The highest BCUT2D eigenvalue weighted by Gasteiger charge is 2.25. The fourth-order valence-electron chi connectivity index (χ4n) is 2.83. The maximum Gasteiger partial charge on any atom is 0.252 e. The summed E-state index contributed by atoms with van der Waals surface area (Å²) in [6.07, 6.45) is 0.867. The number of hydrogen-bond donors (Lipinski definition) is 1. The minimum Gasteiger partial charge on any atom is -0.345 e. The molecule has 0 radical (unpaired) electrons. The average molecular weight is 251 g/mol. The van der Waals surface area contributed by atoms with Crippen LogP contribution in [-0.2, 0) is 6.42 Å². The normalized spacial score (nSPS) is 17.8. The summed E-state index contributed by atoms with van der Waals surface area (Å²) in [5.74, 6) is 0.0341. The van der Waals surface area contributed by atoms with Crippen molar-refractivity contribution in [2.24, 2.45) is 0 Å². The lowest BCUT2D eigenvalue weighted by Crippen LogP contribution is -2.35. The van der Waals surface area contributed by atoms with E-state index in [0.717, 1.165) is 17.5 Å². The molecule has 0 saturated carbocycles. The minimum absolute atomic E-state index is 0.0341. The van der Waals surface area contributed by atoms with Crippen LogP contribution in [0.25, 0.3) is 0 Å². The lowest BCUT2D eigenvalue weighted by Gasteiger charge is -2.27. The Labute approximate surface area is 113 Å². The third-order valence-corrected chi connectivity index (χ3v) is 3.79. The van der Waals surface area contributed by atoms with Gasteiger partial charge >= 0.3 is 0 Å². The van der Waals surface area contributed by atoms with E-state index in [4.69, 9.17) is 0 Å². The van der Waals surface area contributed by atoms with Gasteiger partial charge in [-0.2, -0.15) is 0 Å². The van der Waals surface area contributed by atoms with Crippen molar-refractivity contribution in [3.05, 3.63) is 70.3 Å². The van der Waals surface area contributed by atoms with E-state index in [1.54, 1.807) is 0 Å². The molecule has 1 aliphatic rings. The van der Waals surface area contributed by atoms with Crippen molar-refractivity contribution in [3.63, 3.8) is 0 Å². The van der Waals surface area contributed by atoms with Crippen molar-refractivity contribution >= 4 is 5.91 Å². The summed E-state index contributed by atoms with van der Waals surface area (Å²) in [6, 6.07) is 14.3. The quantitative estimate of drug-likeness (QED) is 0.827. The zero-order valence-corrected chi connectivity index (χ0v) is 11.2. The van der Waals surface area contributed by atoms with E-state index < -0.39 is 0 Å². The molecule has 2 nitrogen and oxygen atoms in total. The molecule has 1 atom stereocenters. The molecular weight excluding hydrogens is 234 g/mol. The summed E-state index contributed by atoms with van der Waals surface area (Å²) in [4.78, 5) is 12.1. The van der Waals surface area contributed by atoms with Gasteiger partial charge in [-0.05, 0) is 43.0 Å². The lowest BCUT2D eigenvalue weighted by molar-refractivity contribution is 0.0925. The van der Waals surface area contributed by atoms with Crippen LogP contribution in [0.15, 0.2) is 42.5 Å². The van der Waals surface area contributed by atoms with E-state index in [-0.39, 0.29) is 11.9 Å². The number of rotatable bonds is 1. The second kappa shape index (κ2) is 4.54. The van der Waals surface area contributed by atoms with Crippen LogP contribution in [0.1, 0.15) is 38.7 Å². The summed E-state index contributed by atoms with van der Waals surface area (Å²) < 4.78 is 0. The van der Waals surface area contributed by atoms with Crippen LogP contribution in [0.4, 0.5) is 0 Å². The Morgan fingerprint density at radius 2 is 1.89 bits per heavy atom. The van der Waals surface area contributed by atoms with Gasteiger partial charge < -0.3 is 5.32 Å². The molecule has 1 aliphatic heterocycles. The summed E-state index contributed by atoms with van der Waals surface area (Å²) >= 11 is 0. The average Bonchev–Trinajstić information content (AvgIpc) is 2.38. The molecule has 0 spiro atoms. The molecule has 3 rings (SSSR count). The number of benzene rings is 2. The van der Waals surface area contributed by atoms with E-state index in [0.29, 0.717) is 0 Å². The highest BCUT2D eigenvalue weighted by molar-refractivity contribution is 5.97. The smallest absolute Gasteiger partial charge is 0.252 e. The van der Waals surface area contributed by atoms with Crippen molar-refractivity contribution in [1.29, 1.82) is 0 Å². The number of fused-ring (bicyclic) bond motifs is 1. The van der Waals surface area contributed by atoms with Gasteiger partial charge in [0.1, 0.15) is 0 Å². The predicted molar refractivity (Wildman–Crippen MR) is 76.3 cm³/mol. The summed E-state index contributed by atoms with van der Waals surface area (Å²) in [7, 11) is 0. The van der Waals surface area contributed by atoms with Crippen LogP contribution in [0.2, 0.25) is 0 Å². The van der Waals surface area contributed by atoms with Gasteiger partial charge in [-0.3, -0.25) is 4.79 Å². The molecule has 0 unspecified atom stereocenters. The molecule has 0 fully saturated rings. The van der Waals surface area contributed by atoms with Gasteiger partial charge in [-0.1, -0.05) is 42.0 Å². The highest BCUT2D eigenvalue weighted by Crippen LogP contribution is 2.28. The van der Waals surface area contributed by atoms with Gasteiger partial charge in [-0.25, -0.2) is 0 Å². The van der Waals surface area contributed by atoms with E-state index in [9.17, 15) is 4.79 Å². The first-order valence-corrected chi connectivity index (χ1v) is 6.61. The van der Waals surface area contributed by atoms with Crippen molar-refractivity contribution < 1.29 is 4.79 Å².